The monoisotopic (exact) mass is 502 g/mol. The molecule has 0 aromatic heterocycles. The highest BCUT2D eigenvalue weighted by atomic mass is 32.2. The van der Waals surface area contributed by atoms with Gasteiger partial charge in [-0.25, -0.2) is 9.93 Å². The van der Waals surface area contributed by atoms with Gasteiger partial charge >= 0.3 is 12.1 Å². The fraction of sp³-hybridized carbons (Fsp3) is 0.348. The van der Waals surface area contributed by atoms with Crippen molar-refractivity contribution in [3.8, 4) is 11.1 Å². The van der Waals surface area contributed by atoms with E-state index in [1.165, 1.54) is 4.90 Å². The number of nitrogens with one attached hydrogen (secondary N) is 1. The van der Waals surface area contributed by atoms with Crippen molar-refractivity contribution in [3.05, 3.63) is 59.7 Å². The number of piperazine rings is 1. The van der Waals surface area contributed by atoms with Crippen LogP contribution < -0.4 is 10.5 Å². The molecule has 0 radical (unpaired) electrons. The third-order valence-corrected chi connectivity index (χ3v) is 7.31. The minimum absolute atomic E-state index is 0.0148. The number of carbonyl (C=O) groups is 3. The molecular formula is C23H26N4O7S. The number of rotatable bonds is 7. The number of alkyl carbamates (subject to hydrolysis) is 1. The number of nitrogens with two attached hydrogens (primary N) is 1. The van der Waals surface area contributed by atoms with Gasteiger partial charge in [0, 0.05) is 32.1 Å². The maximum absolute atomic E-state index is 12.9. The predicted molar refractivity (Wildman–Crippen MR) is 126 cm³/mol. The van der Waals surface area contributed by atoms with Crippen molar-refractivity contribution in [1.29, 1.82) is 0 Å². The van der Waals surface area contributed by atoms with Crippen molar-refractivity contribution in [3.63, 3.8) is 0 Å². The number of hydrogen-bond acceptors (Lipinski definition) is 6. The number of nitrogens with zero attached hydrogens (tertiary/aromatic N) is 2. The molecule has 0 spiro atoms. The zero-order valence-corrected chi connectivity index (χ0v) is 19.6. The number of carbonyl (C=O) groups excluding carboxylic acids is 2. The number of fused-ring (bicyclic) bond motifs is 3. The van der Waals surface area contributed by atoms with Gasteiger partial charge in [0.1, 0.15) is 12.6 Å². The summed E-state index contributed by atoms with van der Waals surface area (Å²) >= 11 is 0. The van der Waals surface area contributed by atoms with E-state index < -0.39 is 40.6 Å². The molecule has 2 aromatic rings. The molecule has 11 nitrogen and oxygen atoms in total. The van der Waals surface area contributed by atoms with Crippen LogP contribution in [-0.4, -0.2) is 79.5 Å². The van der Waals surface area contributed by atoms with E-state index in [1.807, 2.05) is 48.5 Å². The lowest BCUT2D eigenvalue weighted by atomic mass is 9.98. The van der Waals surface area contributed by atoms with Crippen LogP contribution in [0.5, 0.6) is 0 Å². The maximum atomic E-state index is 12.9. The molecule has 12 heteroatoms. The van der Waals surface area contributed by atoms with Gasteiger partial charge in [0.25, 0.3) is 10.2 Å². The molecule has 2 aliphatic rings. The highest BCUT2D eigenvalue weighted by Gasteiger charge is 2.34. The molecule has 1 unspecified atom stereocenters. The van der Waals surface area contributed by atoms with Crippen LogP contribution in [0.25, 0.3) is 11.1 Å². The SMILES string of the molecule is NS(=O)(=O)N1CCN(C(=O)C(CC(=O)O)NC(=O)OCC2c3ccccc3-c3ccccc32)CC1. The van der Waals surface area contributed by atoms with Gasteiger partial charge < -0.3 is 20.1 Å². The van der Waals surface area contributed by atoms with Gasteiger partial charge in [0.05, 0.1) is 6.42 Å². The van der Waals surface area contributed by atoms with Crippen molar-refractivity contribution in [2.75, 3.05) is 32.8 Å². The molecule has 4 N–H and O–H groups in total. The van der Waals surface area contributed by atoms with Crippen LogP contribution in [-0.2, 0) is 24.5 Å². The average Bonchev–Trinajstić information content (AvgIpc) is 3.15. The van der Waals surface area contributed by atoms with Crippen molar-refractivity contribution < 1.29 is 32.6 Å². The Morgan fingerprint density at radius 1 is 1.00 bits per heavy atom. The quantitative estimate of drug-likeness (QED) is 0.503. The molecule has 1 saturated heterocycles. The smallest absolute Gasteiger partial charge is 0.407 e. The third-order valence-electron chi connectivity index (χ3n) is 6.22. The second kappa shape index (κ2) is 10.0. The van der Waals surface area contributed by atoms with E-state index in [-0.39, 0.29) is 38.7 Å². The van der Waals surface area contributed by atoms with E-state index >= 15 is 0 Å². The number of ether oxygens (including phenoxy) is 1. The Labute approximate surface area is 202 Å². The van der Waals surface area contributed by atoms with Gasteiger partial charge in [0.15, 0.2) is 0 Å². The summed E-state index contributed by atoms with van der Waals surface area (Å²) in [7, 11) is -3.88. The minimum Gasteiger partial charge on any atom is -0.481 e. The Kier molecular flexibility index (Phi) is 7.05. The minimum atomic E-state index is -3.88. The largest absolute Gasteiger partial charge is 0.481 e. The Morgan fingerprint density at radius 3 is 2.06 bits per heavy atom. The number of benzene rings is 2. The van der Waals surface area contributed by atoms with Crippen LogP contribution >= 0.6 is 0 Å². The van der Waals surface area contributed by atoms with Gasteiger partial charge in [-0.15, -0.1) is 0 Å². The number of amides is 2. The van der Waals surface area contributed by atoms with Gasteiger partial charge in [-0.05, 0) is 22.3 Å². The normalized spacial score (nSPS) is 16.8. The lowest BCUT2D eigenvalue weighted by Gasteiger charge is -2.34. The lowest BCUT2D eigenvalue weighted by Crippen LogP contribution is -2.57. The van der Waals surface area contributed by atoms with E-state index in [9.17, 15) is 27.9 Å². The molecule has 1 aliphatic carbocycles. The molecular weight excluding hydrogens is 476 g/mol. The third kappa shape index (κ3) is 5.45. The van der Waals surface area contributed by atoms with Gasteiger partial charge in [-0.3, -0.25) is 9.59 Å². The Balaban J connectivity index is 1.40. The molecule has 1 heterocycles. The fourth-order valence-electron chi connectivity index (χ4n) is 4.54. The highest BCUT2D eigenvalue weighted by Crippen LogP contribution is 2.44. The van der Waals surface area contributed by atoms with Gasteiger partial charge in [-0.2, -0.15) is 12.7 Å². The molecule has 2 amide bonds. The zero-order valence-electron chi connectivity index (χ0n) is 18.8. The van der Waals surface area contributed by atoms with Crippen molar-refractivity contribution in [1.82, 2.24) is 14.5 Å². The number of hydrogen-bond donors (Lipinski definition) is 3. The molecule has 0 saturated carbocycles. The summed E-state index contributed by atoms with van der Waals surface area (Å²) in [5, 5.41) is 16.7. The number of carboxylic acid groups (broad SMARTS) is 1. The van der Waals surface area contributed by atoms with E-state index in [1.54, 1.807) is 0 Å². The second-order valence-electron chi connectivity index (χ2n) is 8.39. The van der Waals surface area contributed by atoms with E-state index in [2.05, 4.69) is 5.32 Å². The average molecular weight is 503 g/mol. The fourth-order valence-corrected chi connectivity index (χ4v) is 5.21. The topological polar surface area (TPSA) is 159 Å². The van der Waals surface area contributed by atoms with E-state index in [4.69, 9.17) is 9.88 Å². The van der Waals surface area contributed by atoms with E-state index in [0.717, 1.165) is 26.6 Å². The molecule has 4 rings (SSSR count). The number of carboxylic acids is 1. The van der Waals surface area contributed by atoms with Gasteiger partial charge in [-0.1, -0.05) is 48.5 Å². The van der Waals surface area contributed by atoms with E-state index in [0.29, 0.717) is 0 Å². The maximum Gasteiger partial charge on any atom is 0.407 e. The highest BCUT2D eigenvalue weighted by molar-refractivity contribution is 7.86. The molecule has 0 bridgehead atoms. The first-order chi connectivity index (χ1) is 16.6. The zero-order chi connectivity index (χ0) is 25.2. The Morgan fingerprint density at radius 2 is 1.54 bits per heavy atom. The molecule has 186 valence electrons. The summed E-state index contributed by atoms with van der Waals surface area (Å²) in [6.45, 7) is 0.0288. The Hall–Kier alpha value is -3.48. The van der Waals surface area contributed by atoms with Crippen LogP contribution in [0.4, 0.5) is 4.79 Å². The lowest BCUT2D eigenvalue weighted by molar-refractivity contribution is -0.143. The van der Waals surface area contributed by atoms with Crippen LogP contribution in [0.1, 0.15) is 23.5 Å². The summed E-state index contributed by atoms with van der Waals surface area (Å²) in [6, 6.07) is 14.3. The van der Waals surface area contributed by atoms with Crippen molar-refractivity contribution >= 4 is 28.2 Å². The summed E-state index contributed by atoms with van der Waals surface area (Å²) in [4.78, 5) is 38.1. The molecule has 1 atom stereocenters. The summed E-state index contributed by atoms with van der Waals surface area (Å²) in [6.07, 6.45) is -1.55. The summed E-state index contributed by atoms with van der Waals surface area (Å²) < 4.78 is 29.4. The Bertz CT molecular complexity index is 1200. The second-order valence-corrected chi connectivity index (χ2v) is 9.94. The standard InChI is InChI=1S/C23H26N4O7S/c24-35(32,33)27-11-9-26(10-12-27)22(30)20(13-21(28)29)25-23(31)34-14-19-17-7-3-1-5-15(17)16-6-2-4-8-18(16)19/h1-8,19-20H,9-14H2,(H,25,31)(H,28,29)(H2,24,32,33). The first kappa shape index (κ1) is 24.6. The van der Waals surface area contributed by atoms with Crippen LogP contribution in [0.3, 0.4) is 0 Å². The first-order valence-electron chi connectivity index (χ1n) is 11.0. The van der Waals surface area contributed by atoms with Crippen LogP contribution in [0.2, 0.25) is 0 Å². The summed E-state index contributed by atoms with van der Waals surface area (Å²) in [5.41, 5.74) is 4.17. The number of aliphatic carboxylic acids is 1. The van der Waals surface area contributed by atoms with Gasteiger partial charge in [0.2, 0.25) is 5.91 Å². The van der Waals surface area contributed by atoms with Crippen LogP contribution in [0, 0.1) is 0 Å². The van der Waals surface area contributed by atoms with Crippen LogP contribution in [0.15, 0.2) is 48.5 Å². The predicted octanol–water partition coefficient (Wildman–Crippen LogP) is 0.716. The molecule has 1 fully saturated rings. The molecule has 35 heavy (non-hydrogen) atoms. The molecule has 1 aliphatic heterocycles. The summed E-state index contributed by atoms with van der Waals surface area (Å²) in [5.74, 6) is -2.09. The molecule has 2 aromatic carbocycles. The first-order valence-corrected chi connectivity index (χ1v) is 12.6. The van der Waals surface area contributed by atoms with Crippen molar-refractivity contribution in [2.45, 2.75) is 18.4 Å². The van der Waals surface area contributed by atoms with Crippen molar-refractivity contribution in [2.24, 2.45) is 5.14 Å².